The number of allylic oxidation sites excluding steroid dienone is 1. The van der Waals surface area contributed by atoms with E-state index in [1.165, 1.54) is 0 Å². The Hall–Kier alpha value is -1.29. The van der Waals surface area contributed by atoms with Crippen LogP contribution in [0.1, 0.15) is 40.5 Å². The highest BCUT2D eigenvalue weighted by molar-refractivity contribution is 5.62. The summed E-state index contributed by atoms with van der Waals surface area (Å²) in [6, 6.07) is 0. The zero-order valence-electron chi connectivity index (χ0n) is 11.6. The van der Waals surface area contributed by atoms with Gasteiger partial charge in [0.05, 0.1) is 12.7 Å². The quantitative estimate of drug-likeness (QED) is 0.621. The minimum atomic E-state index is -0.751. The summed E-state index contributed by atoms with van der Waals surface area (Å²) in [6.07, 6.45) is 0.301. The number of carbonyl (C=O) groups excluding carboxylic acids is 1. The maximum Gasteiger partial charge on any atom is 0.513 e. The molecular weight excluding hydrogens is 232 g/mol. The third-order valence-corrected chi connectivity index (χ3v) is 3.36. The molecule has 1 aliphatic rings. The molecule has 0 unspecified atom stereocenters. The van der Waals surface area contributed by atoms with Gasteiger partial charge in [0.25, 0.3) is 0 Å². The van der Waals surface area contributed by atoms with E-state index in [4.69, 9.17) is 9.47 Å². The SMILES string of the molecule is C=C(OC(=O)OCC)C1=C(C)[C@@H](O)CCC1(C)C. The fourth-order valence-corrected chi connectivity index (χ4v) is 2.44. The van der Waals surface area contributed by atoms with Crippen molar-refractivity contribution in [2.24, 2.45) is 5.41 Å². The Morgan fingerprint density at radius 1 is 1.56 bits per heavy atom. The molecule has 0 aromatic heterocycles. The molecule has 0 bridgehead atoms. The molecule has 0 amide bonds. The van der Waals surface area contributed by atoms with Crippen LogP contribution in [0.3, 0.4) is 0 Å². The number of ether oxygens (including phenoxy) is 2. The summed E-state index contributed by atoms with van der Waals surface area (Å²) < 4.78 is 9.79. The van der Waals surface area contributed by atoms with Gasteiger partial charge in [0.15, 0.2) is 0 Å². The van der Waals surface area contributed by atoms with Crippen molar-refractivity contribution in [2.45, 2.75) is 46.6 Å². The summed E-state index contributed by atoms with van der Waals surface area (Å²) in [5.41, 5.74) is 1.47. The Balaban J connectivity index is 2.93. The molecule has 4 heteroatoms. The molecule has 1 atom stereocenters. The fourth-order valence-electron chi connectivity index (χ4n) is 2.44. The summed E-state index contributed by atoms with van der Waals surface area (Å²) in [6.45, 7) is 11.7. The number of aliphatic hydroxyl groups is 1. The lowest BCUT2D eigenvalue weighted by atomic mass is 9.71. The molecule has 1 rings (SSSR count). The van der Waals surface area contributed by atoms with E-state index >= 15 is 0 Å². The van der Waals surface area contributed by atoms with Crippen molar-refractivity contribution in [3.63, 3.8) is 0 Å². The van der Waals surface area contributed by atoms with Gasteiger partial charge in [0, 0.05) is 5.57 Å². The minimum absolute atomic E-state index is 0.160. The second kappa shape index (κ2) is 5.57. The Bertz CT molecular complexity index is 379. The molecule has 0 heterocycles. The lowest BCUT2D eigenvalue weighted by Crippen LogP contribution is -2.29. The van der Waals surface area contributed by atoms with Crippen LogP contribution in [-0.4, -0.2) is 24.0 Å². The van der Waals surface area contributed by atoms with Crippen molar-refractivity contribution in [3.05, 3.63) is 23.5 Å². The predicted octanol–water partition coefficient (Wildman–Crippen LogP) is 3.17. The highest BCUT2D eigenvalue weighted by atomic mass is 16.7. The van der Waals surface area contributed by atoms with Crippen LogP contribution in [0, 0.1) is 5.41 Å². The normalized spacial score (nSPS) is 22.6. The smallest absolute Gasteiger partial charge is 0.434 e. The van der Waals surface area contributed by atoms with Crippen molar-refractivity contribution in [1.29, 1.82) is 0 Å². The maximum absolute atomic E-state index is 11.3. The molecule has 0 fully saturated rings. The van der Waals surface area contributed by atoms with Crippen molar-refractivity contribution >= 4 is 6.16 Å². The van der Waals surface area contributed by atoms with Gasteiger partial charge in [0.1, 0.15) is 5.76 Å². The second-order valence-corrected chi connectivity index (χ2v) is 5.20. The summed E-state index contributed by atoms with van der Waals surface area (Å²) in [5.74, 6) is 0.273. The highest BCUT2D eigenvalue weighted by Gasteiger charge is 2.35. The number of carbonyl (C=O) groups is 1. The number of rotatable bonds is 3. The first kappa shape index (κ1) is 14.8. The maximum atomic E-state index is 11.3. The number of aliphatic hydroxyl groups excluding tert-OH is 1. The zero-order valence-corrected chi connectivity index (χ0v) is 11.6. The van der Waals surface area contributed by atoms with Gasteiger partial charge in [0.2, 0.25) is 0 Å². The predicted molar refractivity (Wildman–Crippen MR) is 69.0 cm³/mol. The van der Waals surface area contributed by atoms with Crippen molar-refractivity contribution < 1.29 is 19.4 Å². The van der Waals surface area contributed by atoms with Crippen LogP contribution in [0.5, 0.6) is 0 Å². The van der Waals surface area contributed by atoms with E-state index in [2.05, 4.69) is 20.4 Å². The molecule has 1 N–H and O–H groups in total. The van der Waals surface area contributed by atoms with Gasteiger partial charge in [-0.3, -0.25) is 0 Å². The van der Waals surface area contributed by atoms with E-state index in [0.717, 1.165) is 24.0 Å². The van der Waals surface area contributed by atoms with E-state index in [1.54, 1.807) is 6.92 Å². The van der Waals surface area contributed by atoms with Crippen LogP contribution in [0.4, 0.5) is 4.79 Å². The first-order chi connectivity index (χ1) is 8.29. The molecule has 0 aromatic carbocycles. The molecule has 0 radical (unpaired) electrons. The molecule has 4 nitrogen and oxygen atoms in total. The molecule has 0 saturated carbocycles. The van der Waals surface area contributed by atoms with E-state index < -0.39 is 12.3 Å². The van der Waals surface area contributed by atoms with Crippen LogP contribution >= 0.6 is 0 Å². The third kappa shape index (κ3) is 3.13. The fraction of sp³-hybridized carbons (Fsp3) is 0.643. The average Bonchev–Trinajstić information content (AvgIpc) is 2.24. The summed E-state index contributed by atoms with van der Waals surface area (Å²) in [5, 5.41) is 9.90. The first-order valence-corrected chi connectivity index (χ1v) is 6.22. The molecule has 0 spiro atoms. The minimum Gasteiger partial charge on any atom is -0.434 e. The van der Waals surface area contributed by atoms with Crippen LogP contribution in [-0.2, 0) is 9.47 Å². The van der Waals surface area contributed by atoms with Gasteiger partial charge < -0.3 is 14.6 Å². The van der Waals surface area contributed by atoms with Gasteiger partial charge in [-0.1, -0.05) is 20.4 Å². The molecule has 18 heavy (non-hydrogen) atoms. The highest BCUT2D eigenvalue weighted by Crippen LogP contribution is 2.43. The van der Waals surface area contributed by atoms with E-state index in [0.29, 0.717) is 0 Å². The van der Waals surface area contributed by atoms with Crippen LogP contribution in [0.15, 0.2) is 23.5 Å². The lowest BCUT2D eigenvalue weighted by Gasteiger charge is -2.36. The summed E-state index contributed by atoms with van der Waals surface area (Å²) in [4.78, 5) is 11.3. The summed E-state index contributed by atoms with van der Waals surface area (Å²) in [7, 11) is 0. The van der Waals surface area contributed by atoms with E-state index in [9.17, 15) is 9.90 Å². The molecule has 1 aliphatic carbocycles. The average molecular weight is 254 g/mol. The summed E-state index contributed by atoms with van der Waals surface area (Å²) >= 11 is 0. The number of hydrogen-bond acceptors (Lipinski definition) is 4. The van der Waals surface area contributed by atoms with Gasteiger partial charge in [-0.25, -0.2) is 4.79 Å². The van der Waals surface area contributed by atoms with Crippen LogP contribution < -0.4 is 0 Å². The third-order valence-electron chi connectivity index (χ3n) is 3.36. The van der Waals surface area contributed by atoms with Gasteiger partial charge in [-0.15, -0.1) is 0 Å². The monoisotopic (exact) mass is 254 g/mol. The standard InChI is InChI=1S/C14H22O4/c1-6-17-13(16)18-10(3)12-9(2)11(15)7-8-14(12,4)5/h11,15H,3,6-8H2,1-2,4-5H3/t11-/m0/s1. The second-order valence-electron chi connectivity index (χ2n) is 5.20. The van der Waals surface area contributed by atoms with E-state index in [1.807, 2.05) is 6.92 Å². The Morgan fingerprint density at radius 2 is 2.17 bits per heavy atom. The zero-order chi connectivity index (χ0) is 13.9. The van der Waals surface area contributed by atoms with Gasteiger partial charge in [-0.05, 0) is 37.7 Å². The molecule has 0 aromatic rings. The molecule has 102 valence electrons. The van der Waals surface area contributed by atoms with Gasteiger partial charge >= 0.3 is 6.16 Å². The van der Waals surface area contributed by atoms with Gasteiger partial charge in [-0.2, -0.15) is 0 Å². The van der Waals surface area contributed by atoms with Crippen LogP contribution in [0.25, 0.3) is 0 Å². The first-order valence-electron chi connectivity index (χ1n) is 6.22. The van der Waals surface area contributed by atoms with Crippen molar-refractivity contribution in [2.75, 3.05) is 6.61 Å². The Morgan fingerprint density at radius 3 is 2.72 bits per heavy atom. The largest absolute Gasteiger partial charge is 0.513 e. The molecule has 0 aliphatic heterocycles. The lowest BCUT2D eigenvalue weighted by molar-refractivity contribution is 0.0794. The Kier molecular flexibility index (Phi) is 4.57. The topological polar surface area (TPSA) is 55.8 Å². The van der Waals surface area contributed by atoms with Crippen LogP contribution in [0.2, 0.25) is 0 Å². The molecule has 0 saturated heterocycles. The molecular formula is C14H22O4. The van der Waals surface area contributed by atoms with Crippen molar-refractivity contribution in [1.82, 2.24) is 0 Å². The van der Waals surface area contributed by atoms with E-state index in [-0.39, 0.29) is 17.8 Å². The Labute approximate surface area is 108 Å². The number of hydrogen-bond donors (Lipinski definition) is 1. The van der Waals surface area contributed by atoms with Crippen molar-refractivity contribution in [3.8, 4) is 0 Å².